The standard InChI is InChI=1S/C19H24N4O/c1-14-7-8-17(21-11-14)22-12-15-9-10-23(13-15)18(19(20)24)16-5-3-2-4-6-16/h2-8,11,15,18H,9-10,12-13H2,1H3,(H2,20,24)(H,21,22)/t15-,18-/m1/s1. The average molecular weight is 324 g/mol. The second kappa shape index (κ2) is 7.45. The largest absolute Gasteiger partial charge is 0.370 e. The van der Waals surface area contributed by atoms with Gasteiger partial charge in [-0.25, -0.2) is 4.98 Å². The molecule has 0 saturated carbocycles. The monoisotopic (exact) mass is 324 g/mol. The molecule has 0 aliphatic carbocycles. The van der Waals surface area contributed by atoms with Gasteiger partial charge in [0, 0.05) is 19.3 Å². The Bertz CT molecular complexity index is 672. The van der Waals surface area contributed by atoms with Gasteiger partial charge in [0.2, 0.25) is 5.91 Å². The zero-order valence-corrected chi connectivity index (χ0v) is 14.0. The lowest BCUT2D eigenvalue weighted by Crippen LogP contribution is -2.36. The molecule has 1 amide bonds. The van der Waals surface area contributed by atoms with E-state index in [2.05, 4.69) is 21.3 Å². The highest BCUT2D eigenvalue weighted by Gasteiger charge is 2.32. The molecule has 0 radical (unpaired) electrons. The summed E-state index contributed by atoms with van der Waals surface area (Å²) in [4.78, 5) is 18.5. The minimum Gasteiger partial charge on any atom is -0.370 e. The summed E-state index contributed by atoms with van der Waals surface area (Å²) in [6.45, 7) is 4.63. The lowest BCUT2D eigenvalue weighted by molar-refractivity contribution is -0.123. The van der Waals surface area contributed by atoms with Crippen molar-refractivity contribution in [3.8, 4) is 0 Å². The van der Waals surface area contributed by atoms with Crippen LogP contribution in [0.1, 0.15) is 23.6 Å². The lowest BCUT2D eigenvalue weighted by atomic mass is 10.0. The Labute approximate surface area is 142 Å². The van der Waals surface area contributed by atoms with E-state index in [0.29, 0.717) is 5.92 Å². The van der Waals surface area contributed by atoms with Crippen molar-refractivity contribution in [2.24, 2.45) is 11.7 Å². The number of anilines is 1. The number of likely N-dealkylation sites (tertiary alicyclic amines) is 1. The summed E-state index contributed by atoms with van der Waals surface area (Å²) in [7, 11) is 0. The van der Waals surface area contributed by atoms with Gasteiger partial charge in [0.15, 0.2) is 0 Å². The number of nitrogens with two attached hydrogens (primary N) is 1. The van der Waals surface area contributed by atoms with Gasteiger partial charge in [0.1, 0.15) is 11.9 Å². The highest BCUT2D eigenvalue weighted by atomic mass is 16.1. The van der Waals surface area contributed by atoms with E-state index < -0.39 is 0 Å². The van der Waals surface area contributed by atoms with E-state index in [1.54, 1.807) is 0 Å². The van der Waals surface area contributed by atoms with Crippen LogP contribution in [-0.2, 0) is 4.79 Å². The molecule has 24 heavy (non-hydrogen) atoms. The van der Waals surface area contributed by atoms with E-state index in [9.17, 15) is 4.79 Å². The fourth-order valence-corrected chi connectivity index (χ4v) is 3.28. The number of hydrogen-bond acceptors (Lipinski definition) is 4. The number of aryl methyl sites for hydroxylation is 1. The van der Waals surface area contributed by atoms with Gasteiger partial charge in [-0.2, -0.15) is 0 Å². The molecule has 2 heterocycles. The van der Waals surface area contributed by atoms with Crippen LogP contribution < -0.4 is 11.1 Å². The number of hydrogen-bond donors (Lipinski definition) is 2. The van der Waals surface area contributed by atoms with Crippen molar-refractivity contribution in [1.29, 1.82) is 0 Å². The summed E-state index contributed by atoms with van der Waals surface area (Å²) in [5.74, 6) is 1.10. The molecule has 1 aromatic carbocycles. The molecule has 3 rings (SSSR count). The fourth-order valence-electron chi connectivity index (χ4n) is 3.28. The second-order valence-electron chi connectivity index (χ2n) is 6.47. The molecule has 5 heteroatoms. The van der Waals surface area contributed by atoms with E-state index in [1.807, 2.05) is 49.5 Å². The van der Waals surface area contributed by atoms with Crippen LogP contribution in [0.3, 0.4) is 0 Å². The first-order valence-electron chi connectivity index (χ1n) is 8.38. The van der Waals surface area contributed by atoms with E-state index in [-0.39, 0.29) is 11.9 Å². The third-order valence-corrected chi connectivity index (χ3v) is 4.55. The molecule has 2 atom stereocenters. The number of pyridine rings is 1. The summed E-state index contributed by atoms with van der Waals surface area (Å²) in [6.07, 6.45) is 2.91. The Balaban J connectivity index is 1.59. The van der Waals surface area contributed by atoms with Gasteiger partial charge in [-0.1, -0.05) is 36.4 Å². The van der Waals surface area contributed by atoms with Crippen molar-refractivity contribution in [1.82, 2.24) is 9.88 Å². The highest BCUT2D eigenvalue weighted by molar-refractivity contribution is 5.81. The van der Waals surface area contributed by atoms with Crippen molar-refractivity contribution in [3.63, 3.8) is 0 Å². The first-order valence-corrected chi connectivity index (χ1v) is 8.38. The van der Waals surface area contributed by atoms with Crippen LogP contribution >= 0.6 is 0 Å². The van der Waals surface area contributed by atoms with Crippen LogP contribution in [0.5, 0.6) is 0 Å². The quantitative estimate of drug-likeness (QED) is 0.855. The van der Waals surface area contributed by atoms with E-state index in [0.717, 1.165) is 43.0 Å². The first kappa shape index (κ1) is 16.5. The molecule has 1 fully saturated rings. The number of nitrogens with zero attached hydrogens (tertiary/aromatic N) is 2. The molecule has 1 aromatic heterocycles. The summed E-state index contributed by atoms with van der Waals surface area (Å²) < 4.78 is 0. The lowest BCUT2D eigenvalue weighted by Gasteiger charge is -2.25. The van der Waals surface area contributed by atoms with Crippen molar-refractivity contribution < 1.29 is 4.79 Å². The van der Waals surface area contributed by atoms with E-state index >= 15 is 0 Å². The highest BCUT2D eigenvalue weighted by Crippen LogP contribution is 2.27. The molecular weight excluding hydrogens is 300 g/mol. The van der Waals surface area contributed by atoms with Crippen LogP contribution in [0.4, 0.5) is 5.82 Å². The number of rotatable bonds is 6. The van der Waals surface area contributed by atoms with Gasteiger partial charge in [-0.3, -0.25) is 9.69 Å². The minimum atomic E-state index is -0.339. The molecule has 0 spiro atoms. The third kappa shape index (κ3) is 3.92. The predicted octanol–water partition coefficient (Wildman–Crippen LogP) is 2.35. The zero-order valence-electron chi connectivity index (χ0n) is 14.0. The maximum atomic E-state index is 12.0. The Morgan fingerprint density at radius 2 is 2.12 bits per heavy atom. The predicted molar refractivity (Wildman–Crippen MR) is 95.5 cm³/mol. The summed E-state index contributed by atoms with van der Waals surface area (Å²) in [6, 6.07) is 13.5. The van der Waals surface area contributed by atoms with Gasteiger partial charge < -0.3 is 11.1 Å². The maximum Gasteiger partial charge on any atom is 0.239 e. The SMILES string of the molecule is Cc1ccc(NC[C@H]2CCN([C@@H](C(N)=O)c3ccccc3)C2)nc1. The summed E-state index contributed by atoms with van der Waals surface area (Å²) in [5, 5.41) is 3.39. The molecule has 0 unspecified atom stereocenters. The Morgan fingerprint density at radius 3 is 2.79 bits per heavy atom. The molecule has 126 valence electrons. The van der Waals surface area contributed by atoms with Gasteiger partial charge in [0.25, 0.3) is 0 Å². The number of carbonyl (C=O) groups is 1. The van der Waals surface area contributed by atoms with Crippen LogP contribution in [0, 0.1) is 12.8 Å². The number of primary amides is 1. The molecule has 5 nitrogen and oxygen atoms in total. The van der Waals surface area contributed by atoms with Gasteiger partial charge in [-0.15, -0.1) is 0 Å². The number of aromatic nitrogens is 1. The smallest absolute Gasteiger partial charge is 0.239 e. The van der Waals surface area contributed by atoms with Crippen LogP contribution in [0.15, 0.2) is 48.7 Å². The van der Waals surface area contributed by atoms with E-state index in [4.69, 9.17) is 5.73 Å². The number of amides is 1. The Hall–Kier alpha value is -2.40. The average Bonchev–Trinajstić information content (AvgIpc) is 3.03. The third-order valence-electron chi connectivity index (χ3n) is 4.55. The molecule has 3 N–H and O–H groups in total. The summed E-state index contributed by atoms with van der Waals surface area (Å²) >= 11 is 0. The first-order chi connectivity index (χ1) is 11.6. The fraction of sp³-hybridized carbons (Fsp3) is 0.368. The van der Waals surface area contributed by atoms with Crippen molar-refractivity contribution in [2.45, 2.75) is 19.4 Å². The maximum absolute atomic E-state index is 12.0. The van der Waals surface area contributed by atoms with E-state index in [1.165, 1.54) is 0 Å². The molecular formula is C19H24N4O. The van der Waals surface area contributed by atoms with Gasteiger partial charge in [-0.05, 0) is 43.0 Å². The van der Waals surface area contributed by atoms with Crippen molar-refractivity contribution in [2.75, 3.05) is 25.0 Å². The normalized spacial score (nSPS) is 19.1. The molecule has 1 aliphatic heterocycles. The summed E-state index contributed by atoms with van der Waals surface area (Å²) in [5.41, 5.74) is 7.79. The van der Waals surface area contributed by atoms with Crippen LogP contribution in [0.2, 0.25) is 0 Å². The van der Waals surface area contributed by atoms with Gasteiger partial charge in [0.05, 0.1) is 0 Å². The second-order valence-corrected chi connectivity index (χ2v) is 6.47. The topological polar surface area (TPSA) is 71.2 Å². The Kier molecular flexibility index (Phi) is 5.11. The molecule has 1 aliphatic rings. The minimum absolute atomic E-state index is 0.282. The van der Waals surface area contributed by atoms with Crippen molar-refractivity contribution in [3.05, 3.63) is 59.8 Å². The number of nitrogens with one attached hydrogen (secondary N) is 1. The van der Waals surface area contributed by atoms with Gasteiger partial charge >= 0.3 is 0 Å². The molecule has 1 saturated heterocycles. The van der Waals surface area contributed by atoms with Crippen LogP contribution in [0.25, 0.3) is 0 Å². The molecule has 0 bridgehead atoms. The van der Waals surface area contributed by atoms with Crippen LogP contribution in [-0.4, -0.2) is 35.4 Å². The molecule has 2 aromatic rings. The van der Waals surface area contributed by atoms with Crippen molar-refractivity contribution >= 4 is 11.7 Å². The zero-order chi connectivity index (χ0) is 16.9. The Morgan fingerprint density at radius 1 is 1.33 bits per heavy atom. The number of benzene rings is 1. The number of carbonyl (C=O) groups excluding carboxylic acids is 1.